The molecule has 2 spiro atoms. The highest BCUT2D eigenvalue weighted by Crippen LogP contribution is 2.54. The van der Waals surface area contributed by atoms with Crippen LogP contribution in [0.1, 0.15) is 62.5 Å². The van der Waals surface area contributed by atoms with Gasteiger partial charge in [0.25, 0.3) is 0 Å². The third kappa shape index (κ3) is 4.77. The normalized spacial score (nSPS) is 21.7. The van der Waals surface area contributed by atoms with Crippen molar-refractivity contribution in [3.05, 3.63) is 48.2 Å². The van der Waals surface area contributed by atoms with E-state index in [9.17, 15) is 4.79 Å². The van der Waals surface area contributed by atoms with E-state index in [1.165, 1.54) is 17.2 Å². The van der Waals surface area contributed by atoms with Gasteiger partial charge in [0.2, 0.25) is 5.91 Å². The molecule has 5 aliphatic rings. The number of fused-ring (bicyclic) bond motifs is 2. The lowest BCUT2D eigenvalue weighted by molar-refractivity contribution is -0.139. The van der Waals surface area contributed by atoms with E-state index in [1.54, 1.807) is 0 Å². The highest BCUT2D eigenvalue weighted by molar-refractivity contribution is 6.06. The number of anilines is 1. The molecule has 10 nitrogen and oxygen atoms in total. The minimum absolute atomic E-state index is 0.0335. The van der Waals surface area contributed by atoms with Crippen molar-refractivity contribution in [1.82, 2.24) is 30.0 Å². The maximum atomic E-state index is 12.2. The zero-order chi connectivity index (χ0) is 32.8. The van der Waals surface area contributed by atoms with Gasteiger partial charge in [0.05, 0.1) is 18.3 Å². The van der Waals surface area contributed by atoms with Crippen LogP contribution in [0.15, 0.2) is 37.1 Å². The number of likely N-dealkylation sites (tertiary alicyclic amines) is 2. The van der Waals surface area contributed by atoms with Crippen LogP contribution in [0, 0.1) is 17.8 Å². The van der Waals surface area contributed by atoms with E-state index >= 15 is 0 Å². The zero-order valence-electron chi connectivity index (χ0n) is 28.3. The molecule has 0 bridgehead atoms. The number of amides is 1. The molecule has 0 radical (unpaired) electrons. The van der Waals surface area contributed by atoms with E-state index in [1.807, 2.05) is 11.1 Å². The predicted molar refractivity (Wildman–Crippen MR) is 187 cm³/mol. The average Bonchev–Trinajstić information content (AvgIpc) is 3.78. The number of benzene rings is 2. The third-order valence-corrected chi connectivity index (χ3v) is 11.8. The van der Waals surface area contributed by atoms with Gasteiger partial charge in [-0.3, -0.25) is 9.89 Å². The fraction of sp³-hybridized carbons (Fsp3) is 0.526. The first kappa shape index (κ1) is 29.9. The summed E-state index contributed by atoms with van der Waals surface area (Å²) >= 11 is 0. The molecular formula is C38H45N7O3. The molecule has 0 atom stereocenters. The fourth-order valence-corrected chi connectivity index (χ4v) is 9.28. The van der Waals surface area contributed by atoms with Crippen molar-refractivity contribution in [2.24, 2.45) is 10.8 Å². The molecule has 3 saturated heterocycles. The summed E-state index contributed by atoms with van der Waals surface area (Å²) in [5.41, 5.74) is 7.20. The lowest BCUT2D eigenvalue weighted by Crippen LogP contribution is -2.63. The molecule has 0 unspecified atom stereocenters. The Labute approximate surface area is 281 Å². The number of carbonyl (C=O) groups is 1. The van der Waals surface area contributed by atoms with Crippen LogP contribution in [0.3, 0.4) is 0 Å². The van der Waals surface area contributed by atoms with Gasteiger partial charge in [-0.1, -0.05) is 12.6 Å². The van der Waals surface area contributed by atoms with E-state index < -0.39 is 0 Å². The number of nitrogens with one attached hydrogen (secondary N) is 1. The highest BCUT2D eigenvalue weighted by Gasteiger charge is 2.52. The van der Waals surface area contributed by atoms with Crippen LogP contribution in [-0.4, -0.2) is 94.9 Å². The van der Waals surface area contributed by atoms with Crippen LogP contribution >= 0.6 is 0 Å². The summed E-state index contributed by atoms with van der Waals surface area (Å²) in [6, 6.07) is 7.09. The smallest absolute Gasteiger partial charge is 0.319 e. The molecule has 2 aromatic heterocycles. The largest absolute Gasteiger partial charge is 0.491 e. The standard InChI is InChI=1S/C38H45N7O3/c1-5-30(46)45-21-37(22-45)11-13-44(14-12-37)35-27-15-26(24-8-9-24)32(31-23(3)7-10-29-28(31)18-39-42-29)34(47-6-2)33(27)40-36(41-35)48-25-16-38(17-25)19-43(4)20-38/h5,7,10,15,18,24-25H,1,6,8-9,11-14,16-17,19-22H2,2-4H3,(H,39,42). The Morgan fingerprint density at radius 2 is 1.83 bits per heavy atom. The number of hydrogen-bond donors (Lipinski definition) is 1. The van der Waals surface area contributed by atoms with Crippen molar-refractivity contribution in [1.29, 1.82) is 0 Å². The summed E-state index contributed by atoms with van der Waals surface area (Å²) in [7, 11) is 2.19. The molecule has 1 N–H and O–H groups in total. The summed E-state index contributed by atoms with van der Waals surface area (Å²) < 4.78 is 13.3. The summed E-state index contributed by atoms with van der Waals surface area (Å²) in [6.45, 7) is 14.1. The van der Waals surface area contributed by atoms with Crippen molar-refractivity contribution in [3.8, 4) is 22.9 Å². The Morgan fingerprint density at radius 1 is 1.06 bits per heavy atom. The number of aromatic amines is 1. The van der Waals surface area contributed by atoms with Crippen molar-refractivity contribution in [2.45, 2.75) is 64.4 Å². The van der Waals surface area contributed by atoms with Gasteiger partial charge < -0.3 is 24.2 Å². The molecule has 5 heterocycles. The first-order valence-electron chi connectivity index (χ1n) is 17.7. The maximum Gasteiger partial charge on any atom is 0.319 e. The Balaban J connectivity index is 1.16. The van der Waals surface area contributed by atoms with Crippen LogP contribution in [0.4, 0.5) is 5.82 Å². The van der Waals surface area contributed by atoms with Gasteiger partial charge in [0, 0.05) is 66.4 Å². The molecule has 1 amide bonds. The van der Waals surface area contributed by atoms with Crippen molar-refractivity contribution < 1.29 is 14.3 Å². The van der Waals surface area contributed by atoms with Crippen molar-refractivity contribution in [2.75, 3.05) is 57.8 Å². The summed E-state index contributed by atoms with van der Waals surface area (Å²) in [5.74, 6) is 2.26. The minimum atomic E-state index is 0.0335. The molecule has 9 rings (SSSR count). The molecule has 5 fully saturated rings. The summed E-state index contributed by atoms with van der Waals surface area (Å²) in [6.07, 6.45) is 9.94. The minimum Gasteiger partial charge on any atom is -0.491 e. The van der Waals surface area contributed by atoms with Gasteiger partial charge in [-0.25, -0.2) is 0 Å². The van der Waals surface area contributed by atoms with Gasteiger partial charge in [-0.2, -0.15) is 15.1 Å². The van der Waals surface area contributed by atoms with E-state index in [0.717, 1.165) is 122 Å². The summed E-state index contributed by atoms with van der Waals surface area (Å²) in [5, 5.41) is 9.73. The molecule has 4 aromatic rings. The van der Waals surface area contributed by atoms with E-state index in [2.05, 4.69) is 65.7 Å². The van der Waals surface area contributed by atoms with Gasteiger partial charge in [-0.05, 0) is 100 Å². The fourth-order valence-electron chi connectivity index (χ4n) is 9.28. The van der Waals surface area contributed by atoms with Crippen LogP contribution in [-0.2, 0) is 4.79 Å². The number of piperidine rings is 1. The van der Waals surface area contributed by atoms with Gasteiger partial charge >= 0.3 is 6.01 Å². The quantitative estimate of drug-likeness (QED) is 0.238. The monoisotopic (exact) mass is 647 g/mol. The van der Waals surface area contributed by atoms with E-state index in [-0.39, 0.29) is 17.4 Å². The van der Waals surface area contributed by atoms with E-state index in [4.69, 9.17) is 19.4 Å². The average molecular weight is 648 g/mol. The number of aromatic nitrogens is 4. The van der Waals surface area contributed by atoms with Gasteiger partial charge in [-0.15, -0.1) is 0 Å². The van der Waals surface area contributed by atoms with Gasteiger partial charge in [0.1, 0.15) is 17.4 Å². The number of H-pyrrole nitrogens is 1. The second kappa shape index (κ2) is 10.9. The Morgan fingerprint density at radius 3 is 2.52 bits per heavy atom. The number of nitrogens with zero attached hydrogens (tertiary/aromatic N) is 6. The van der Waals surface area contributed by atoms with Crippen LogP contribution < -0.4 is 14.4 Å². The lowest BCUT2D eigenvalue weighted by Gasteiger charge is -2.57. The molecule has 2 aliphatic carbocycles. The molecule has 10 heteroatoms. The van der Waals surface area contributed by atoms with Crippen LogP contribution in [0.5, 0.6) is 11.8 Å². The maximum absolute atomic E-state index is 12.2. The molecule has 2 saturated carbocycles. The topological polar surface area (TPSA) is 99.7 Å². The number of ether oxygens (including phenoxy) is 2. The number of carbonyl (C=O) groups excluding carboxylic acids is 1. The molecular weight excluding hydrogens is 602 g/mol. The highest BCUT2D eigenvalue weighted by atomic mass is 16.5. The predicted octanol–water partition coefficient (Wildman–Crippen LogP) is 5.85. The lowest BCUT2D eigenvalue weighted by atomic mass is 9.62. The molecule has 250 valence electrons. The van der Waals surface area contributed by atoms with Crippen molar-refractivity contribution >= 4 is 33.5 Å². The van der Waals surface area contributed by atoms with Gasteiger partial charge in [0.15, 0.2) is 5.75 Å². The first-order valence-corrected chi connectivity index (χ1v) is 17.7. The molecule has 2 aromatic carbocycles. The Bertz CT molecular complexity index is 1930. The molecule has 3 aliphatic heterocycles. The second-order valence-corrected chi connectivity index (χ2v) is 15.4. The second-order valence-electron chi connectivity index (χ2n) is 15.4. The number of hydrogen-bond acceptors (Lipinski definition) is 8. The van der Waals surface area contributed by atoms with Crippen LogP contribution in [0.25, 0.3) is 32.9 Å². The van der Waals surface area contributed by atoms with E-state index in [0.29, 0.717) is 24.0 Å². The van der Waals surface area contributed by atoms with Crippen LogP contribution in [0.2, 0.25) is 0 Å². The third-order valence-electron chi connectivity index (χ3n) is 11.8. The number of aryl methyl sites for hydroxylation is 1. The molecule has 48 heavy (non-hydrogen) atoms. The Hall–Kier alpha value is -4.18. The summed E-state index contributed by atoms with van der Waals surface area (Å²) in [4.78, 5) is 29.4. The Kier molecular flexibility index (Phi) is 6.81. The number of rotatable bonds is 8. The van der Waals surface area contributed by atoms with Crippen molar-refractivity contribution in [3.63, 3.8) is 0 Å². The zero-order valence-corrected chi connectivity index (χ0v) is 28.3. The first-order chi connectivity index (χ1) is 23.3. The SMILES string of the molecule is C=CC(=O)N1CC2(CCN(c3nc(OC4CC5(C4)CN(C)C5)nc4c(OCC)c(-c5c(C)ccc6[nH]ncc56)c(C5CC5)cc34)CC2)C1.